The van der Waals surface area contributed by atoms with Crippen LogP contribution in [-0.2, 0) is 6.42 Å². The molecule has 3 aromatic rings. The molecule has 0 spiro atoms. The Morgan fingerprint density at radius 3 is 2.88 bits per heavy atom. The number of para-hydroxylation sites is 1. The van der Waals surface area contributed by atoms with Crippen molar-refractivity contribution in [1.29, 1.82) is 0 Å². The number of carbonyl (C=O) groups excluding carboxylic acids is 1. The summed E-state index contributed by atoms with van der Waals surface area (Å²) >= 11 is 5.98. The monoisotopic (exact) mass is 339 g/mol. The number of carbonyl (C=O) groups is 1. The molecule has 1 aliphatic rings. The van der Waals surface area contributed by atoms with Crippen molar-refractivity contribution in [2.75, 3.05) is 11.4 Å². The first-order valence-corrected chi connectivity index (χ1v) is 8.09. The van der Waals surface area contributed by atoms with E-state index in [0.717, 1.165) is 24.1 Å². The lowest BCUT2D eigenvalue weighted by Gasteiger charge is -2.28. The summed E-state index contributed by atoms with van der Waals surface area (Å²) in [4.78, 5) is 14.5. The molecule has 1 aromatic heterocycles. The molecule has 5 nitrogen and oxygen atoms in total. The van der Waals surface area contributed by atoms with Gasteiger partial charge in [-0.2, -0.15) is 0 Å². The third-order valence-electron chi connectivity index (χ3n) is 4.03. The highest BCUT2D eigenvalue weighted by Crippen LogP contribution is 2.28. The Hall–Kier alpha value is -2.66. The van der Waals surface area contributed by atoms with Gasteiger partial charge in [-0.05, 0) is 42.7 Å². The summed E-state index contributed by atoms with van der Waals surface area (Å²) in [7, 11) is 0. The zero-order valence-corrected chi connectivity index (χ0v) is 13.5. The maximum atomic E-state index is 12.8. The summed E-state index contributed by atoms with van der Waals surface area (Å²) in [5, 5.41) is 8.47. The third-order valence-corrected chi connectivity index (χ3v) is 4.27. The number of nitrogens with zero attached hydrogens (tertiary/aromatic N) is 3. The molecule has 0 fully saturated rings. The van der Waals surface area contributed by atoms with Gasteiger partial charge in [-0.25, -0.2) is 0 Å². The molecule has 1 aliphatic heterocycles. The second-order valence-electron chi connectivity index (χ2n) is 5.61. The van der Waals surface area contributed by atoms with Crippen molar-refractivity contribution in [3.63, 3.8) is 0 Å². The Morgan fingerprint density at radius 1 is 1.12 bits per heavy atom. The number of fused-ring (bicyclic) bond motifs is 1. The Morgan fingerprint density at radius 2 is 2.00 bits per heavy atom. The first-order valence-electron chi connectivity index (χ1n) is 7.71. The van der Waals surface area contributed by atoms with Crippen LogP contribution in [0.2, 0.25) is 5.02 Å². The van der Waals surface area contributed by atoms with E-state index in [2.05, 4.69) is 10.2 Å². The van der Waals surface area contributed by atoms with Crippen LogP contribution in [0.5, 0.6) is 0 Å². The van der Waals surface area contributed by atoms with Gasteiger partial charge in [0.2, 0.25) is 5.89 Å². The second-order valence-corrected chi connectivity index (χ2v) is 6.05. The SMILES string of the molecule is O=C(c1nnc(-c2cccc(Cl)c2)o1)N1CCCc2ccccc21. The zero-order chi connectivity index (χ0) is 16.5. The minimum atomic E-state index is -0.275. The van der Waals surface area contributed by atoms with Gasteiger partial charge in [0, 0.05) is 22.8 Å². The van der Waals surface area contributed by atoms with Crippen LogP contribution in [0.1, 0.15) is 22.7 Å². The van der Waals surface area contributed by atoms with E-state index in [1.165, 1.54) is 0 Å². The standard InChI is InChI=1S/C18H14ClN3O2/c19-14-8-3-6-13(11-14)16-20-21-17(24-16)18(23)22-10-4-7-12-5-1-2-9-15(12)22/h1-3,5-6,8-9,11H,4,7,10H2. The molecule has 2 aromatic carbocycles. The fraction of sp³-hybridized carbons (Fsp3) is 0.167. The first kappa shape index (κ1) is 14.9. The van der Waals surface area contributed by atoms with Crippen LogP contribution >= 0.6 is 11.6 Å². The summed E-state index contributed by atoms with van der Waals surface area (Å²) in [5.74, 6) is -0.00393. The molecule has 2 heterocycles. The van der Waals surface area contributed by atoms with E-state index in [-0.39, 0.29) is 17.7 Å². The maximum Gasteiger partial charge on any atom is 0.315 e. The number of aromatic nitrogens is 2. The molecule has 0 unspecified atom stereocenters. The molecule has 0 bridgehead atoms. The molecule has 120 valence electrons. The molecule has 0 atom stereocenters. The molecule has 6 heteroatoms. The average molecular weight is 340 g/mol. The van der Waals surface area contributed by atoms with Gasteiger partial charge in [0.05, 0.1) is 0 Å². The Kier molecular flexibility index (Phi) is 3.78. The van der Waals surface area contributed by atoms with Crippen molar-refractivity contribution in [2.24, 2.45) is 0 Å². The number of hydrogen-bond acceptors (Lipinski definition) is 4. The van der Waals surface area contributed by atoms with Gasteiger partial charge < -0.3 is 9.32 Å². The highest BCUT2D eigenvalue weighted by Gasteiger charge is 2.27. The van der Waals surface area contributed by atoms with E-state index in [9.17, 15) is 4.79 Å². The predicted octanol–water partition coefficient (Wildman–Crippen LogP) is 3.98. The topological polar surface area (TPSA) is 59.2 Å². The number of rotatable bonds is 2. The fourth-order valence-corrected chi connectivity index (χ4v) is 3.10. The van der Waals surface area contributed by atoms with Crippen molar-refractivity contribution in [3.8, 4) is 11.5 Å². The molecular formula is C18H14ClN3O2. The third kappa shape index (κ3) is 2.67. The zero-order valence-electron chi connectivity index (χ0n) is 12.8. The maximum absolute atomic E-state index is 12.8. The van der Waals surface area contributed by atoms with Crippen LogP contribution in [0.15, 0.2) is 52.9 Å². The molecule has 1 amide bonds. The minimum Gasteiger partial charge on any atom is -0.412 e. The smallest absolute Gasteiger partial charge is 0.315 e. The van der Waals surface area contributed by atoms with E-state index in [1.54, 1.807) is 23.1 Å². The fourth-order valence-electron chi connectivity index (χ4n) is 2.91. The van der Waals surface area contributed by atoms with Gasteiger partial charge in [0.15, 0.2) is 0 Å². The van der Waals surface area contributed by atoms with Gasteiger partial charge in [0.25, 0.3) is 0 Å². The van der Waals surface area contributed by atoms with Crippen LogP contribution in [0, 0.1) is 0 Å². The Bertz CT molecular complexity index is 907. The van der Waals surface area contributed by atoms with Crippen LogP contribution < -0.4 is 4.90 Å². The lowest BCUT2D eigenvalue weighted by molar-refractivity contribution is 0.0952. The number of amides is 1. The molecular weight excluding hydrogens is 326 g/mol. The lowest BCUT2D eigenvalue weighted by Crippen LogP contribution is -2.35. The van der Waals surface area contributed by atoms with Crippen molar-refractivity contribution < 1.29 is 9.21 Å². The van der Waals surface area contributed by atoms with Crippen LogP contribution in [0.3, 0.4) is 0 Å². The highest BCUT2D eigenvalue weighted by atomic mass is 35.5. The van der Waals surface area contributed by atoms with Gasteiger partial charge >= 0.3 is 11.8 Å². The molecule has 24 heavy (non-hydrogen) atoms. The first-order chi connectivity index (χ1) is 11.7. The highest BCUT2D eigenvalue weighted by molar-refractivity contribution is 6.30. The van der Waals surface area contributed by atoms with Gasteiger partial charge in [-0.1, -0.05) is 35.9 Å². The molecule has 4 rings (SSSR count). The number of benzene rings is 2. The van der Waals surface area contributed by atoms with Gasteiger partial charge in [-0.15, -0.1) is 10.2 Å². The largest absolute Gasteiger partial charge is 0.412 e. The Balaban J connectivity index is 1.65. The normalized spacial score (nSPS) is 13.6. The molecule has 0 N–H and O–H groups in total. The van der Waals surface area contributed by atoms with E-state index in [0.29, 0.717) is 17.1 Å². The number of hydrogen-bond donors (Lipinski definition) is 0. The summed E-state index contributed by atoms with van der Waals surface area (Å²) in [6, 6.07) is 15.0. The predicted molar refractivity (Wildman–Crippen MR) is 91.2 cm³/mol. The van der Waals surface area contributed by atoms with Crippen molar-refractivity contribution in [2.45, 2.75) is 12.8 Å². The number of halogens is 1. The van der Waals surface area contributed by atoms with E-state index >= 15 is 0 Å². The summed E-state index contributed by atoms with van der Waals surface area (Å²) < 4.78 is 5.58. The molecule has 0 aliphatic carbocycles. The van der Waals surface area contributed by atoms with E-state index in [4.69, 9.17) is 16.0 Å². The van der Waals surface area contributed by atoms with Crippen LogP contribution in [0.25, 0.3) is 11.5 Å². The number of aryl methyl sites for hydroxylation is 1. The minimum absolute atomic E-state index is 0.0123. The molecule has 0 saturated heterocycles. The van der Waals surface area contributed by atoms with E-state index in [1.807, 2.05) is 30.3 Å². The average Bonchev–Trinajstić information content (AvgIpc) is 3.11. The summed E-state index contributed by atoms with van der Waals surface area (Å²) in [5.41, 5.74) is 2.76. The van der Waals surface area contributed by atoms with Crippen LogP contribution in [0.4, 0.5) is 5.69 Å². The lowest BCUT2D eigenvalue weighted by atomic mass is 10.0. The van der Waals surface area contributed by atoms with Gasteiger partial charge in [-0.3, -0.25) is 4.79 Å². The summed E-state index contributed by atoms with van der Waals surface area (Å²) in [6.07, 6.45) is 1.88. The quantitative estimate of drug-likeness (QED) is 0.708. The summed E-state index contributed by atoms with van der Waals surface area (Å²) in [6.45, 7) is 0.644. The molecule has 0 saturated carbocycles. The number of anilines is 1. The van der Waals surface area contributed by atoms with Crippen LogP contribution in [-0.4, -0.2) is 22.6 Å². The molecule has 0 radical (unpaired) electrons. The second kappa shape index (κ2) is 6.09. The van der Waals surface area contributed by atoms with Crippen molar-refractivity contribution >= 4 is 23.2 Å². The Labute approximate surface area is 143 Å². The van der Waals surface area contributed by atoms with Gasteiger partial charge in [0.1, 0.15) is 0 Å². The van der Waals surface area contributed by atoms with Crippen molar-refractivity contribution in [1.82, 2.24) is 10.2 Å². The van der Waals surface area contributed by atoms with Crippen molar-refractivity contribution in [3.05, 3.63) is 65.0 Å². The van der Waals surface area contributed by atoms with E-state index < -0.39 is 0 Å².